The molecule has 0 aliphatic carbocycles. The lowest BCUT2D eigenvalue weighted by molar-refractivity contribution is -0.133. The number of nitrogens with one attached hydrogen (secondary N) is 1. The van der Waals surface area contributed by atoms with Crippen molar-refractivity contribution in [3.8, 4) is 11.5 Å². The van der Waals surface area contributed by atoms with Gasteiger partial charge in [0.15, 0.2) is 17.3 Å². The Hall–Kier alpha value is -1.46. The first kappa shape index (κ1) is 13.0. The van der Waals surface area contributed by atoms with Crippen molar-refractivity contribution in [1.82, 2.24) is 5.32 Å². The van der Waals surface area contributed by atoms with Crippen molar-refractivity contribution in [2.45, 2.75) is 25.3 Å². The van der Waals surface area contributed by atoms with Gasteiger partial charge in [0, 0.05) is 5.56 Å². The number of benzene rings is 1. The zero-order valence-corrected chi connectivity index (χ0v) is 9.79. The summed E-state index contributed by atoms with van der Waals surface area (Å²) in [5.74, 6) is -0.212. The van der Waals surface area contributed by atoms with Crippen molar-refractivity contribution in [2.75, 3.05) is 0 Å². The van der Waals surface area contributed by atoms with Crippen LogP contribution in [0.3, 0.4) is 0 Å². The third-order valence-corrected chi connectivity index (χ3v) is 2.52. The average Bonchev–Trinajstić information content (AvgIpc) is 2.65. The van der Waals surface area contributed by atoms with Crippen molar-refractivity contribution < 1.29 is 19.4 Å². The van der Waals surface area contributed by atoms with E-state index < -0.39 is 18.4 Å². The second-order valence-corrected chi connectivity index (χ2v) is 3.98. The summed E-state index contributed by atoms with van der Waals surface area (Å²) in [6, 6.07) is 4.14. The number of ether oxygens (including phenoxy) is 2. The third kappa shape index (κ3) is 2.68. The largest absolute Gasteiger partial charge is 0.428 e. The first-order valence-corrected chi connectivity index (χ1v) is 5.44. The number of Topliss-reactive ketones (excluding diaryl/α,β-unsaturated/α-hetero) is 1. The molecular formula is C11H11B2NO4. The summed E-state index contributed by atoms with van der Waals surface area (Å²) in [4.78, 5) is 12.0. The number of hydrogen-bond donors (Lipinski definition) is 2. The molecule has 7 heteroatoms. The minimum absolute atomic E-state index is 0.177. The quantitative estimate of drug-likeness (QED) is 0.551. The molecule has 0 saturated heterocycles. The fourth-order valence-electron chi connectivity index (χ4n) is 1.71. The van der Waals surface area contributed by atoms with E-state index in [0.29, 0.717) is 17.1 Å². The van der Waals surface area contributed by atoms with Crippen LogP contribution in [0.2, 0.25) is 0 Å². The molecule has 18 heavy (non-hydrogen) atoms. The Morgan fingerprint density at radius 1 is 1.39 bits per heavy atom. The molecule has 0 aromatic heterocycles. The maximum atomic E-state index is 12.0. The summed E-state index contributed by atoms with van der Waals surface area (Å²) in [6.07, 6.45) is 0. The number of carbonyl (C=O) groups is 1. The van der Waals surface area contributed by atoms with Gasteiger partial charge in [-0.2, -0.15) is 0 Å². The van der Waals surface area contributed by atoms with Gasteiger partial charge in [-0.3, -0.25) is 4.79 Å². The van der Waals surface area contributed by atoms with Crippen LogP contribution in [-0.2, 0) is 0 Å². The van der Waals surface area contributed by atoms with Crippen molar-refractivity contribution in [2.24, 2.45) is 0 Å². The summed E-state index contributed by atoms with van der Waals surface area (Å²) in [5.41, 5.74) is 0.423. The first-order valence-electron chi connectivity index (χ1n) is 5.44. The van der Waals surface area contributed by atoms with Crippen LogP contribution in [0, 0.1) is 0 Å². The lowest BCUT2D eigenvalue weighted by atomic mass is 9.78. The molecule has 1 aromatic rings. The lowest BCUT2D eigenvalue weighted by Gasteiger charge is -2.16. The highest BCUT2D eigenvalue weighted by Crippen LogP contribution is 2.34. The molecule has 0 spiro atoms. The second-order valence-electron chi connectivity index (χ2n) is 3.98. The summed E-state index contributed by atoms with van der Waals surface area (Å²) in [7, 11) is 10.7. The Balaban J connectivity index is 2.15. The van der Waals surface area contributed by atoms with Gasteiger partial charge in [-0.05, 0) is 25.1 Å². The van der Waals surface area contributed by atoms with E-state index >= 15 is 0 Å². The zero-order chi connectivity index (χ0) is 13.3. The van der Waals surface area contributed by atoms with Gasteiger partial charge in [-0.25, -0.2) is 0 Å². The molecule has 0 bridgehead atoms. The van der Waals surface area contributed by atoms with E-state index in [0.717, 1.165) is 0 Å². The van der Waals surface area contributed by atoms with Crippen molar-refractivity contribution in [3.63, 3.8) is 0 Å². The van der Waals surface area contributed by atoms with E-state index in [9.17, 15) is 4.79 Å². The molecular weight excluding hydrogens is 232 g/mol. The van der Waals surface area contributed by atoms with E-state index in [2.05, 4.69) is 5.32 Å². The molecule has 1 aliphatic rings. The number of aliphatic hydroxyl groups excluding tert-OH is 1. The second kappa shape index (κ2) is 5.04. The number of fused-ring (bicyclic) bond motifs is 1. The predicted octanol–water partition coefficient (Wildman–Crippen LogP) is -0.485. The van der Waals surface area contributed by atoms with E-state index in [1.807, 2.05) is 0 Å². The Bertz CT molecular complexity index is 466. The van der Waals surface area contributed by atoms with Crippen molar-refractivity contribution >= 4 is 21.5 Å². The SMILES string of the molecule is [B]C([B])N[C@@H](C)C(=O)c1ccc2c(c1)OC(O)O2. The first-order chi connectivity index (χ1) is 8.47. The van der Waals surface area contributed by atoms with Gasteiger partial charge in [0.2, 0.25) is 0 Å². The van der Waals surface area contributed by atoms with Crippen molar-refractivity contribution in [3.05, 3.63) is 23.8 Å². The van der Waals surface area contributed by atoms with Crippen LogP contribution in [0.4, 0.5) is 0 Å². The van der Waals surface area contributed by atoms with Crippen LogP contribution in [0.25, 0.3) is 0 Å². The topological polar surface area (TPSA) is 67.8 Å². The van der Waals surface area contributed by atoms with Gasteiger partial charge >= 0.3 is 6.48 Å². The normalized spacial score (nSPS) is 18.9. The maximum absolute atomic E-state index is 12.0. The van der Waals surface area contributed by atoms with Gasteiger partial charge in [0.25, 0.3) is 0 Å². The molecule has 0 saturated carbocycles. The van der Waals surface area contributed by atoms with Crippen LogP contribution < -0.4 is 14.8 Å². The molecule has 2 atom stereocenters. The fourth-order valence-corrected chi connectivity index (χ4v) is 1.71. The Morgan fingerprint density at radius 2 is 2.06 bits per heavy atom. The molecule has 2 N–H and O–H groups in total. The lowest BCUT2D eigenvalue weighted by Crippen LogP contribution is -2.41. The van der Waals surface area contributed by atoms with E-state index in [-0.39, 0.29) is 5.78 Å². The molecule has 1 aliphatic heterocycles. The predicted molar refractivity (Wildman–Crippen MR) is 65.9 cm³/mol. The van der Waals surface area contributed by atoms with Gasteiger partial charge in [0.05, 0.1) is 21.7 Å². The van der Waals surface area contributed by atoms with Crippen molar-refractivity contribution in [1.29, 1.82) is 0 Å². The smallest absolute Gasteiger partial charge is 0.358 e. The summed E-state index contributed by atoms with van der Waals surface area (Å²) < 4.78 is 9.90. The Kier molecular flexibility index (Phi) is 3.63. The van der Waals surface area contributed by atoms with E-state index in [4.69, 9.17) is 30.3 Å². The monoisotopic (exact) mass is 243 g/mol. The molecule has 5 nitrogen and oxygen atoms in total. The molecule has 4 radical (unpaired) electrons. The molecule has 2 rings (SSSR count). The summed E-state index contributed by atoms with van der Waals surface area (Å²) in [5, 5.41) is 11.8. The van der Waals surface area contributed by atoms with E-state index in [1.165, 1.54) is 6.07 Å². The maximum Gasteiger partial charge on any atom is 0.358 e. The molecule has 1 aromatic carbocycles. The highest BCUT2D eigenvalue weighted by Gasteiger charge is 2.24. The number of hydrogen-bond acceptors (Lipinski definition) is 5. The molecule has 1 heterocycles. The van der Waals surface area contributed by atoms with Crippen LogP contribution in [0.5, 0.6) is 11.5 Å². The van der Waals surface area contributed by atoms with Gasteiger partial charge in [0.1, 0.15) is 0 Å². The Labute approximate surface area is 107 Å². The summed E-state index contributed by atoms with van der Waals surface area (Å²) in [6.45, 7) is 0.340. The van der Waals surface area contributed by atoms with Crippen LogP contribution in [0.1, 0.15) is 17.3 Å². The van der Waals surface area contributed by atoms with E-state index in [1.54, 1.807) is 19.1 Å². The van der Waals surface area contributed by atoms with Crippen LogP contribution in [-0.4, -0.2) is 44.9 Å². The molecule has 0 fully saturated rings. The van der Waals surface area contributed by atoms with Gasteiger partial charge in [-0.15, -0.1) is 0 Å². The van der Waals surface area contributed by atoms with Crippen LogP contribution >= 0.6 is 0 Å². The fraction of sp³-hybridized carbons (Fsp3) is 0.364. The number of ketones is 1. The summed E-state index contributed by atoms with van der Waals surface area (Å²) >= 11 is 0. The molecule has 1 unspecified atom stereocenters. The molecule has 0 amide bonds. The van der Waals surface area contributed by atoms with Gasteiger partial charge < -0.3 is 19.9 Å². The standard InChI is InChI=1S/C11H11B2NO4/c1-5(14-10(12)13)9(15)6-2-3-7-8(4-6)18-11(16)17-7/h2-5,10-11,14,16H,1H3/t5-,11?/m0/s1. The van der Waals surface area contributed by atoms with Crippen LogP contribution in [0.15, 0.2) is 18.2 Å². The highest BCUT2D eigenvalue weighted by atomic mass is 16.8. The minimum Gasteiger partial charge on any atom is -0.428 e. The minimum atomic E-state index is -1.32. The average molecular weight is 243 g/mol. The number of carbonyl (C=O) groups excluding carboxylic acids is 1. The molecule has 90 valence electrons. The number of aliphatic hydroxyl groups is 1. The van der Waals surface area contributed by atoms with Gasteiger partial charge in [-0.1, -0.05) is 5.84 Å². The highest BCUT2D eigenvalue weighted by molar-refractivity contribution is 6.35. The number of rotatable bonds is 4. The zero-order valence-electron chi connectivity index (χ0n) is 9.79. The third-order valence-electron chi connectivity index (χ3n) is 2.52. The Morgan fingerprint density at radius 3 is 2.72 bits per heavy atom.